The highest BCUT2D eigenvalue weighted by Gasteiger charge is 2.11. The number of ketones is 1. The number of carbonyl (C=O) groups is 1. The van der Waals surface area contributed by atoms with Gasteiger partial charge >= 0.3 is 0 Å². The minimum atomic E-state index is -0.0359. The maximum absolute atomic E-state index is 11.9. The summed E-state index contributed by atoms with van der Waals surface area (Å²) < 4.78 is 10.5. The Morgan fingerprint density at radius 2 is 2.00 bits per heavy atom. The molecule has 0 aliphatic carbocycles. The van der Waals surface area contributed by atoms with Gasteiger partial charge in [-0.15, -0.1) is 0 Å². The Labute approximate surface area is 103 Å². The molecule has 17 heavy (non-hydrogen) atoms. The molecule has 94 valence electrons. The maximum atomic E-state index is 11.9. The van der Waals surface area contributed by atoms with Crippen molar-refractivity contribution < 1.29 is 14.3 Å². The van der Waals surface area contributed by atoms with E-state index in [-0.39, 0.29) is 12.4 Å². The normalized spacial score (nSPS) is 10.6. The second-order valence-corrected chi connectivity index (χ2v) is 4.36. The Morgan fingerprint density at radius 3 is 2.65 bits per heavy atom. The number of rotatable bonds is 7. The van der Waals surface area contributed by atoms with E-state index < -0.39 is 0 Å². The van der Waals surface area contributed by atoms with Gasteiger partial charge < -0.3 is 9.47 Å². The number of benzene rings is 1. The van der Waals surface area contributed by atoms with Crippen molar-refractivity contribution in [2.24, 2.45) is 5.92 Å². The average molecular weight is 236 g/mol. The molecule has 1 aromatic rings. The van der Waals surface area contributed by atoms with Crippen LogP contribution in [0.2, 0.25) is 0 Å². The van der Waals surface area contributed by atoms with Crippen molar-refractivity contribution in [3.05, 3.63) is 29.8 Å². The molecular formula is C14H20O3. The smallest absolute Gasteiger partial charge is 0.192 e. The molecular weight excluding hydrogens is 216 g/mol. The average Bonchev–Trinajstić information content (AvgIpc) is 2.34. The van der Waals surface area contributed by atoms with Gasteiger partial charge in [-0.2, -0.15) is 0 Å². The Hall–Kier alpha value is -1.35. The summed E-state index contributed by atoms with van der Waals surface area (Å²) in [7, 11) is 1.56. The van der Waals surface area contributed by atoms with Gasteiger partial charge in [0.05, 0.1) is 12.7 Å². The molecule has 0 aliphatic heterocycles. The van der Waals surface area contributed by atoms with E-state index in [1.54, 1.807) is 19.2 Å². The monoisotopic (exact) mass is 236 g/mol. The molecule has 0 fully saturated rings. The first-order valence-corrected chi connectivity index (χ1v) is 5.89. The van der Waals surface area contributed by atoms with E-state index >= 15 is 0 Å². The van der Waals surface area contributed by atoms with Crippen molar-refractivity contribution in [3.63, 3.8) is 0 Å². The highest BCUT2D eigenvalue weighted by Crippen LogP contribution is 2.17. The molecule has 0 saturated heterocycles. The highest BCUT2D eigenvalue weighted by molar-refractivity contribution is 5.99. The van der Waals surface area contributed by atoms with Crippen LogP contribution in [0.25, 0.3) is 0 Å². The molecule has 0 amide bonds. The second-order valence-electron chi connectivity index (χ2n) is 4.36. The maximum Gasteiger partial charge on any atom is 0.192 e. The predicted molar refractivity (Wildman–Crippen MR) is 67.6 cm³/mol. The van der Waals surface area contributed by atoms with Crippen LogP contribution in [0.5, 0.6) is 5.75 Å². The number of Topliss-reactive ketones (excluding diaryl/α,β-unsaturated/α-hetero) is 1. The zero-order valence-electron chi connectivity index (χ0n) is 10.7. The van der Waals surface area contributed by atoms with Crippen LogP contribution < -0.4 is 4.74 Å². The summed E-state index contributed by atoms with van der Waals surface area (Å²) in [6.45, 7) is 5.00. The van der Waals surface area contributed by atoms with E-state index in [1.165, 1.54) is 0 Å². The number of carbonyl (C=O) groups excluding carboxylic acids is 1. The van der Waals surface area contributed by atoms with Gasteiger partial charge in [0.25, 0.3) is 0 Å². The summed E-state index contributed by atoms with van der Waals surface area (Å²) in [4.78, 5) is 11.9. The molecule has 0 atom stereocenters. The number of ether oxygens (including phenoxy) is 2. The van der Waals surface area contributed by atoms with Crippen molar-refractivity contribution in [2.45, 2.75) is 20.3 Å². The standard InChI is InChI=1S/C14H20O3/c1-11(2)8-9-17-10-13(15)12-6-4-5-7-14(12)16-3/h4-7,11H,8-10H2,1-3H3. The lowest BCUT2D eigenvalue weighted by Gasteiger charge is -2.08. The minimum absolute atomic E-state index is 0.0359. The summed E-state index contributed by atoms with van der Waals surface area (Å²) in [6, 6.07) is 7.20. The van der Waals surface area contributed by atoms with E-state index in [1.807, 2.05) is 12.1 Å². The van der Waals surface area contributed by atoms with Crippen molar-refractivity contribution >= 4 is 5.78 Å². The first-order valence-electron chi connectivity index (χ1n) is 5.89. The van der Waals surface area contributed by atoms with Gasteiger partial charge in [-0.1, -0.05) is 26.0 Å². The van der Waals surface area contributed by atoms with Gasteiger partial charge in [0, 0.05) is 6.61 Å². The van der Waals surface area contributed by atoms with Crippen LogP contribution in [0.3, 0.4) is 0 Å². The second kappa shape index (κ2) is 7.07. The van der Waals surface area contributed by atoms with Crippen LogP contribution in [-0.2, 0) is 4.74 Å². The van der Waals surface area contributed by atoms with Crippen LogP contribution in [0.1, 0.15) is 30.6 Å². The van der Waals surface area contributed by atoms with E-state index in [0.29, 0.717) is 23.8 Å². The highest BCUT2D eigenvalue weighted by atomic mass is 16.5. The lowest BCUT2D eigenvalue weighted by Crippen LogP contribution is -2.11. The van der Waals surface area contributed by atoms with E-state index in [0.717, 1.165) is 6.42 Å². The third kappa shape index (κ3) is 4.57. The number of methoxy groups -OCH3 is 1. The van der Waals surface area contributed by atoms with Crippen molar-refractivity contribution in [1.29, 1.82) is 0 Å². The van der Waals surface area contributed by atoms with Gasteiger partial charge in [-0.05, 0) is 24.5 Å². The van der Waals surface area contributed by atoms with Crippen molar-refractivity contribution in [3.8, 4) is 5.75 Å². The van der Waals surface area contributed by atoms with Crippen LogP contribution in [0.15, 0.2) is 24.3 Å². The Kier molecular flexibility index (Phi) is 5.70. The van der Waals surface area contributed by atoms with E-state index in [9.17, 15) is 4.79 Å². The van der Waals surface area contributed by atoms with Gasteiger partial charge in [0.15, 0.2) is 5.78 Å². The fourth-order valence-corrected chi connectivity index (χ4v) is 1.44. The molecule has 0 unspecified atom stereocenters. The zero-order chi connectivity index (χ0) is 12.7. The van der Waals surface area contributed by atoms with Gasteiger partial charge in [-0.25, -0.2) is 0 Å². The Balaban J connectivity index is 2.47. The molecule has 1 aromatic carbocycles. The Bertz CT molecular complexity index is 358. The third-order valence-corrected chi connectivity index (χ3v) is 2.48. The lowest BCUT2D eigenvalue weighted by molar-refractivity contribution is 0.0737. The molecule has 0 aliphatic rings. The molecule has 0 heterocycles. The van der Waals surface area contributed by atoms with Gasteiger partial charge in [0.2, 0.25) is 0 Å². The molecule has 0 spiro atoms. The van der Waals surface area contributed by atoms with Gasteiger partial charge in [-0.3, -0.25) is 4.79 Å². The first kappa shape index (κ1) is 13.7. The van der Waals surface area contributed by atoms with Crippen LogP contribution in [0, 0.1) is 5.92 Å². The largest absolute Gasteiger partial charge is 0.496 e. The third-order valence-electron chi connectivity index (χ3n) is 2.48. The molecule has 0 bridgehead atoms. The summed E-state index contributed by atoms with van der Waals surface area (Å²) >= 11 is 0. The molecule has 0 saturated carbocycles. The summed E-state index contributed by atoms with van der Waals surface area (Å²) in [5.41, 5.74) is 0.583. The Morgan fingerprint density at radius 1 is 1.29 bits per heavy atom. The van der Waals surface area contributed by atoms with E-state index in [2.05, 4.69) is 13.8 Å². The molecule has 3 nitrogen and oxygen atoms in total. The molecule has 3 heteroatoms. The number of para-hydroxylation sites is 1. The van der Waals surface area contributed by atoms with Crippen LogP contribution >= 0.6 is 0 Å². The van der Waals surface area contributed by atoms with Crippen LogP contribution in [0.4, 0.5) is 0 Å². The lowest BCUT2D eigenvalue weighted by atomic mass is 10.1. The van der Waals surface area contributed by atoms with Gasteiger partial charge in [0.1, 0.15) is 12.4 Å². The van der Waals surface area contributed by atoms with Crippen molar-refractivity contribution in [1.82, 2.24) is 0 Å². The fraction of sp³-hybridized carbons (Fsp3) is 0.500. The summed E-state index contributed by atoms with van der Waals surface area (Å²) in [5, 5.41) is 0. The summed E-state index contributed by atoms with van der Waals surface area (Å²) in [6.07, 6.45) is 0.971. The first-order chi connectivity index (χ1) is 8.15. The molecule has 0 aromatic heterocycles. The predicted octanol–water partition coefficient (Wildman–Crippen LogP) is 2.94. The number of hydrogen-bond donors (Lipinski definition) is 0. The zero-order valence-corrected chi connectivity index (χ0v) is 10.7. The van der Waals surface area contributed by atoms with E-state index in [4.69, 9.17) is 9.47 Å². The minimum Gasteiger partial charge on any atom is -0.496 e. The SMILES string of the molecule is COc1ccccc1C(=O)COCCC(C)C. The topological polar surface area (TPSA) is 35.5 Å². The fourth-order valence-electron chi connectivity index (χ4n) is 1.44. The molecule has 0 N–H and O–H groups in total. The van der Waals surface area contributed by atoms with Crippen LogP contribution in [-0.4, -0.2) is 26.1 Å². The number of hydrogen-bond acceptors (Lipinski definition) is 3. The van der Waals surface area contributed by atoms with Crippen molar-refractivity contribution in [2.75, 3.05) is 20.3 Å². The quantitative estimate of drug-likeness (QED) is 0.539. The summed E-state index contributed by atoms with van der Waals surface area (Å²) in [5.74, 6) is 1.16. The molecule has 1 rings (SSSR count). The molecule has 0 radical (unpaired) electrons.